The third-order valence-electron chi connectivity index (χ3n) is 5.45. The Hall–Kier alpha value is -1.02. The van der Waals surface area contributed by atoms with Crippen molar-refractivity contribution >= 4 is 35.6 Å². The monoisotopic (exact) mass is 471 g/mol. The van der Waals surface area contributed by atoms with Crippen LogP contribution in [-0.2, 0) is 0 Å². The molecule has 0 atom stereocenters. The third kappa shape index (κ3) is 6.95. The van der Waals surface area contributed by atoms with Crippen LogP contribution in [0.3, 0.4) is 0 Å². The standard InChI is InChI=1S/C20H33N5.HI/c21-20(23-17-18-7-6-8-18)22-11-4-5-12-24-13-15-25(16-14-24)19-9-2-1-3-10-19;/h1-3,9-10,18H,4-8,11-17H2,(H3,21,22,23);1H. The van der Waals surface area contributed by atoms with E-state index in [0.29, 0.717) is 5.96 Å². The molecule has 1 saturated heterocycles. The maximum Gasteiger partial charge on any atom is 0.188 e. The number of anilines is 1. The molecule has 1 saturated carbocycles. The molecule has 6 heteroatoms. The van der Waals surface area contributed by atoms with Crippen molar-refractivity contribution in [2.24, 2.45) is 16.6 Å². The lowest BCUT2D eigenvalue weighted by Crippen LogP contribution is -2.46. The maximum atomic E-state index is 5.92. The number of nitrogens with two attached hydrogens (primary N) is 1. The molecule has 0 spiro atoms. The van der Waals surface area contributed by atoms with Crippen LogP contribution in [0, 0.1) is 5.92 Å². The van der Waals surface area contributed by atoms with E-state index in [4.69, 9.17) is 5.73 Å². The molecule has 2 fully saturated rings. The predicted octanol–water partition coefficient (Wildman–Crippen LogP) is 2.91. The Balaban J connectivity index is 0.00000243. The second-order valence-electron chi connectivity index (χ2n) is 7.32. The van der Waals surface area contributed by atoms with E-state index in [-0.39, 0.29) is 24.0 Å². The van der Waals surface area contributed by atoms with Crippen LogP contribution in [-0.4, -0.2) is 56.7 Å². The third-order valence-corrected chi connectivity index (χ3v) is 5.45. The highest BCUT2D eigenvalue weighted by atomic mass is 127. The molecule has 1 aromatic rings. The highest BCUT2D eigenvalue weighted by Crippen LogP contribution is 2.26. The molecule has 2 aliphatic rings. The number of hydrogen-bond donors (Lipinski definition) is 2. The van der Waals surface area contributed by atoms with Gasteiger partial charge in [0, 0.05) is 45.0 Å². The van der Waals surface area contributed by atoms with Gasteiger partial charge in [-0.2, -0.15) is 0 Å². The zero-order valence-corrected chi connectivity index (χ0v) is 18.1. The Bertz CT molecular complexity index is 524. The van der Waals surface area contributed by atoms with Crippen molar-refractivity contribution in [1.82, 2.24) is 10.2 Å². The van der Waals surface area contributed by atoms with Crippen LogP contribution in [0.25, 0.3) is 0 Å². The van der Waals surface area contributed by atoms with Gasteiger partial charge in [-0.3, -0.25) is 9.89 Å². The topological polar surface area (TPSA) is 56.9 Å². The molecule has 0 amide bonds. The largest absolute Gasteiger partial charge is 0.370 e. The molecule has 5 nitrogen and oxygen atoms in total. The van der Waals surface area contributed by atoms with Crippen molar-refractivity contribution < 1.29 is 0 Å². The molecule has 0 unspecified atom stereocenters. The summed E-state index contributed by atoms with van der Waals surface area (Å²) in [4.78, 5) is 9.50. The molecule has 146 valence electrons. The van der Waals surface area contributed by atoms with Gasteiger partial charge in [-0.05, 0) is 50.3 Å². The van der Waals surface area contributed by atoms with Gasteiger partial charge in [0.2, 0.25) is 0 Å². The Morgan fingerprint density at radius 1 is 1.08 bits per heavy atom. The van der Waals surface area contributed by atoms with Crippen LogP contribution in [0.5, 0.6) is 0 Å². The fourth-order valence-electron chi connectivity index (χ4n) is 3.50. The van der Waals surface area contributed by atoms with Gasteiger partial charge in [0.25, 0.3) is 0 Å². The number of guanidine groups is 1. The minimum absolute atomic E-state index is 0. The lowest BCUT2D eigenvalue weighted by molar-refractivity contribution is 0.253. The SMILES string of the molecule is I.NC(=NCC1CCC1)NCCCCN1CCN(c2ccccc2)CC1. The molecule has 0 aromatic heterocycles. The first kappa shape index (κ1) is 21.3. The van der Waals surface area contributed by atoms with Gasteiger partial charge in [-0.1, -0.05) is 24.6 Å². The Labute approximate surface area is 175 Å². The molecule has 0 bridgehead atoms. The fourth-order valence-corrected chi connectivity index (χ4v) is 3.50. The second kappa shape index (κ2) is 11.6. The van der Waals surface area contributed by atoms with Gasteiger partial charge in [0.15, 0.2) is 5.96 Å². The summed E-state index contributed by atoms with van der Waals surface area (Å²) in [6.45, 7) is 7.60. The summed E-state index contributed by atoms with van der Waals surface area (Å²) < 4.78 is 0. The Kier molecular flexibility index (Phi) is 9.53. The van der Waals surface area contributed by atoms with Gasteiger partial charge < -0.3 is 16.0 Å². The zero-order chi connectivity index (χ0) is 17.3. The molecule has 3 rings (SSSR count). The molecular weight excluding hydrogens is 437 g/mol. The van der Waals surface area contributed by atoms with Crippen LogP contribution < -0.4 is 16.0 Å². The predicted molar refractivity (Wildman–Crippen MR) is 122 cm³/mol. The maximum absolute atomic E-state index is 5.92. The summed E-state index contributed by atoms with van der Waals surface area (Å²) in [5.41, 5.74) is 7.27. The molecule has 1 aromatic carbocycles. The van der Waals surface area contributed by atoms with Crippen molar-refractivity contribution in [3.63, 3.8) is 0 Å². The first-order valence-corrected chi connectivity index (χ1v) is 9.87. The number of hydrogen-bond acceptors (Lipinski definition) is 3. The van der Waals surface area contributed by atoms with E-state index in [1.807, 2.05) is 0 Å². The quantitative estimate of drug-likeness (QED) is 0.265. The molecule has 1 aliphatic carbocycles. The van der Waals surface area contributed by atoms with Crippen LogP contribution >= 0.6 is 24.0 Å². The summed E-state index contributed by atoms with van der Waals surface area (Å²) >= 11 is 0. The number of halogens is 1. The minimum atomic E-state index is 0. The number of nitrogens with one attached hydrogen (secondary N) is 1. The first-order valence-electron chi connectivity index (χ1n) is 9.87. The molecule has 26 heavy (non-hydrogen) atoms. The van der Waals surface area contributed by atoms with Crippen molar-refractivity contribution in [2.45, 2.75) is 32.1 Å². The van der Waals surface area contributed by atoms with Crippen LogP contribution in [0.15, 0.2) is 35.3 Å². The van der Waals surface area contributed by atoms with E-state index in [0.717, 1.165) is 51.6 Å². The number of aliphatic imine (C=N–C) groups is 1. The van der Waals surface area contributed by atoms with E-state index < -0.39 is 0 Å². The van der Waals surface area contributed by atoms with E-state index in [1.165, 1.54) is 37.9 Å². The van der Waals surface area contributed by atoms with Crippen LogP contribution in [0.2, 0.25) is 0 Å². The average molecular weight is 471 g/mol. The van der Waals surface area contributed by atoms with Crippen molar-refractivity contribution in [2.75, 3.05) is 50.7 Å². The Morgan fingerprint density at radius 2 is 1.81 bits per heavy atom. The number of benzene rings is 1. The summed E-state index contributed by atoms with van der Waals surface area (Å²) in [6.07, 6.45) is 6.39. The van der Waals surface area contributed by atoms with Crippen molar-refractivity contribution in [1.29, 1.82) is 0 Å². The van der Waals surface area contributed by atoms with Crippen molar-refractivity contribution in [3.8, 4) is 0 Å². The first-order chi connectivity index (χ1) is 12.3. The van der Waals surface area contributed by atoms with Gasteiger partial charge in [0.05, 0.1) is 0 Å². The smallest absolute Gasteiger partial charge is 0.188 e. The highest BCUT2D eigenvalue weighted by molar-refractivity contribution is 14.0. The normalized spacial score (nSPS) is 18.9. The Morgan fingerprint density at radius 3 is 2.46 bits per heavy atom. The van der Waals surface area contributed by atoms with E-state index in [2.05, 4.69) is 50.4 Å². The van der Waals surface area contributed by atoms with Crippen molar-refractivity contribution in [3.05, 3.63) is 30.3 Å². The highest BCUT2D eigenvalue weighted by Gasteiger charge is 2.17. The summed E-state index contributed by atoms with van der Waals surface area (Å²) in [7, 11) is 0. The molecule has 1 heterocycles. The van der Waals surface area contributed by atoms with E-state index >= 15 is 0 Å². The molecule has 3 N–H and O–H groups in total. The minimum Gasteiger partial charge on any atom is -0.370 e. The van der Waals surface area contributed by atoms with E-state index in [1.54, 1.807) is 0 Å². The van der Waals surface area contributed by atoms with E-state index in [9.17, 15) is 0 Å². The number of rotatable bonds is 8. The lowest BCUT2D eigenvalue weighted by atomic mass is 9.86. The number of para-hydroxylation sites is 1. The van der Waals surface area contributed by atoms with Gasteiger partial charge in [-0.15, -0.1) is 24.0 Å². The average Bonchev–Trinajstić information content (AvgIpc) is 2.61. The van der Waals surface area contributed by atoms with Crippen LogP contribution in [0.4, 0.5) is 5.69 Å². The lowest BCUT2D eigenvalue weighted by Gasteiger charge is -2.36. The zero-order valence-electron chi connectivity index (χ0n) is 15.8. The summed E-state index contributed by atoms with van der Waals surface area (Å²) in [6, 6.07) is 10.7. The van der Waals surface area contributed by atoms with Gasteiger partial charge in [-0.25, -0.2) is 0 Å². The summed E-state index contributed by atoms with van der Waals surface area (Å²) in [5, 5.41) is 3.25. The van der Waals surface area contributed by atoms with Crippen LogP contribution in [0.1, 0.15) is 32.1 Å². The molecule has 0 radical (unpaired) electrons. The molecule has 1 aliphatic heterocycles. The molecular formula is C20H34IN5. The van der Waals surface area contributed by atoms with Gasteiger partial charge in [0.1, 0.15) is 0 Å². The second-order valence-corrected chi connectivity index (χ2v) is 7.32. The number of unbranched alkanes of at least 4 members (excludes halogenated alkanes) is 1. The van der Waals surface area contributed by atoms with Gasteiger partial charge >= 0.3 is 0 Å². The summed E-state index contributed by atoms with van der Waals surface area (Å²) in [5.74, 6) is 1.42. The number of piperazine rings is 1. The number of nitrogens with zero attached hydrogens (tertiary/aromatic N) is 3. The fraction of sp³-hybridized carbons (Fsp3) is 0.650.